The monoisotopic (exact) mass is 313 g/mol. The van der Waals surface area contributed by atoms with Crippen LogP contribution in [0.3, 0.4) is 0 Å². The van der Waals surface area contributed by atoms with E-state index in [9.17, 15) is 4.79 Å². The van der Waals surface area contributed by atoms with Crippen molar-refractivity contribution in [1.29, 1.82) is 0 Å². The van der Waals surface area contributed by atoms with Gasteiger partial charge in [-0.25, -0.2) is 0 Å². The smallest absolute Gasteiger partial charge is 0.326 e. The lowest BCUT2D eigenvalue weighted by molar-refractivity contribution is -0.150. The van der Waals surface area contributed by atoms with E-state index in [1.165, 1.54) is 38.5 Å². The molecule has 2 fully saturated rings. The van der Waals surface area contributed by atoms with E-state index in [0.29, 0.717) is 5.92 Å². The second-order valence-corrected chi connectivity index (χ2v) is 8.26. The van der Waals surface area contributed by atoms with Crippen molar-refractivity contribution in [3.8, 4) is 0 Å². The van der Waals surface area contributed by atoms with Gasteiger partial charge in [-0.15, -0.1) is 0 Å². The summed E-state index contributed by atoms with van der Waals surface area (Å²) in [6.07, 6.45) is 9.90. The van der Waals surface area contributed by atoms with E-state index in [0.717, 1.165) is 36.9 Å². The van der Waals surface area contributed by atoms with Gasteiger partial charge in [0.2, 0.25) is 0 Å². The van der Waals surface area contributed by atoms with Crippen molar-refractivity contribution in [3.63, 3.8) is 0 Å². The molecule has 0 aromatic heterocycles. The number of nitrogens with one attached hydrogen (secondary N) is 1. The fourth-order valence-electron chi connectivity index (χ4n) is 4.26. The molecule has 3 nitrogen and oxygen atoms in total. The topological polar surface area (TPSA) is 38.3 Å². The van der Waals surface area contributed by atoms with Gasteiger partial charge in [-0.05, 0) is 56.7 Å². The maximum atomic E-state index is 12.2. The highest BCUT2D eigenvalue weighted by molar-refractivity contribution is 7.99. The minimum Gasteiger partial charge on any atom is -0.468 e. The first kappa shape index (κ1) is 17.1. The molecule has 0 aliphatic heterocycles. The van der Waals surface area contributed by atoms with E-state index >= 15 is 0 Å². The summed E-state index contributed by atoms with van der Waals surface area (Å²) < 4.78 is 5.06. The van der Waals surface area contributed by atoms with Crippen LogP contribution in [0.5, 0.6) is 0 Å². The van der Waals surface area contributed by atoms with Crippen LogP contribution in [0, 0.1) is 11.8 Å². The van der Waals surface area contributed by atoms with Crippen molar-refractivity contribution in [2.24, 2.45) is 11.8 Å². The molecule has 1 N–H and O–H groups in total. The van der Waals surface area contributed by atoms with Gasteiger partial charge in [0.25, 0.3) is 0 Å². The molecule has 2 rings (SSSR count). The summed E-state index contributed by atoms with van der Waals surface area (Å²) >= 11 is 2.14. The van der Waals surface area contributed by atoms with Crippen molar-refractivity contribution < 1.29 is 9.53 Å². The Labute approximate surface area is 134 Å². The van der Waals surface area contributed by atoms with Crippen LogP contribution in [0.1, 0.15) is 58.3 Å². The molecule has 4 heteroatoms. The van der Waals surface area contributed by atoms with E-state index in [1.807, 2.05) is 7.05 Å². The van der Waals surface area contributed by atoms with Crippen molar-refractivity contribution in [3.05, 3.63) is 0 Å². The van der Waals surface area contributed by atoms with Crippen molar-refractivity contribution >= 4 is 17.7 Å². The number of carbonyl (C=O) groups excluding carboxylic acids is 1. The average molecular weight is 314 g/mol. The van der Waals surface area contributed by atoms with Gasteiger partial charge in [-0.2, -0.15) is 11.8 Å². The quantitative estimate of drug-likeness (QED) is 0.760. The number of hydrogen-bond donors (Lipinski definition) is 1. The minimum atomic E-state index is -0.421. The van der Waals surface area contributed by atoms with Gasteiger partial charge in [-0.3, -0.25) is 4.79 Å². The second-order valence-electron chi connectivity index (χ2n) is 6.86. The Morgan fingerprint density at radius 3 is 2.81 bits per heavy atom. The van der Waals surface area contributed by atoms with Gasteiger partial charge in [0.05, 0.1) is 7.11 Å². The van der Waals surface area contributed by atoms with Gasteiger partial charge in [0.15, 0.2) is 0 Å². The van der Waals surface area contributed by atoms with Crippen LogP contribution < -0.4 is 5.32 Å². The van der Waals surface area contributed by atoms with Gasteiger partial charge in [0, 0.05) is 5.25 Å². The van der Waals surface area contributed by atoms with Crippen LogP contribution in [-0.4, -0.2) is 36.7 Å². The van der Waals surface area contributed by atoms with Crippen LogP contribution in [0.4, 0.5) is 0 Å². The highest BCUT2D eigenvalue weighted by Gasteiger charge is 2.48. The van der Waals surface area contributed by atoms with Crippen LogP contribution in [0.25, 0.3) is 0 Å². The Balaban J connectivity index is 1.82. The summed E-state index contributed by atoms with van der Waals surface area (Å²) in [5.41, 5.74) is -0.421. The van der Waals surface area contributed by atoms with Crippen molar-refractivity contribution in [2.75, 3.05) is 19.9 Å². The number of thioether (sulfide) groups is 1. The second kappa shape index (κ2) is 7.87. The minimum absolute atomic E-state index is 0.0659. The Morgan fingerprint density at radius 2 is 2.14 bits per heavy atom. The van der Waals surface area contributed by atoms with E-state index < -0.39 is 5.54 Å². The lowest BCUT2D eigenvalue weighted by Gasteiger charge is -2.33. The molecule has 0 aromatic rings. The summed E-state index contributed by atoms with van der Waals surface area (Å²) in [4.78, 5) is 12.2. The van der Waals surface area contributed by atoms with E-state index in [-0.39, 0.29) is 5.97 Å². The Bertz CT molecular complexity index is 350. The Kier molecular flexibility index (Phi) is 6.42. The molecule has 4 unspecified atom stereocenters. The molecule has 0 aromatic carbocycles. The molecule has 4 atom stereocenters. The first-order valence-electron chi connectivity index (χ1n) is 8.51. The normalized spacial score (nSPS) is 36.6. The van der Waals surface area contributed by atoms with Gasteiger partial charge in [-0.1, -0.05) is 26.2 Å². The fourth-order valence-corrected chi connectivity index (χ4v) is 5.81. The van der Waals surface area contributed by atoms with Crippen molar-refractivity contribution in [2.45, 2.75) is 69.1 Å². The average Bonchev–Trinajstić information content (AvgIpc) is 2.90. The molecule has 2 saturated carbocycles. The first-order valence-corrected chi connectivity index (χ1v) is 9.56. The highest BCUT2D eigenvalue weighted by atomic mass is 32.2. The third-order valence-corrected chi connectivity index (χ3v) is 6.90. The van der Waals surface area contributed by atoms with Gasteiger partial charge < -0.3 is 10.1 Å². The predicted molar refractivity (Wildman–Crippen MR) is 89.6 cm³/mol. The molecule has 0 amide bonds. The number of ether oxygens (including phenoxy) is 1. The molecule has 0 spiro atoms. The van der Waals surface area contributed by atoms with Gasteiger partial charge in [0.1, 0.15) is 5.54 Å². The largest absolute Gasteiger partial charge is 0.468 e. The Hall–Kier alpha value is -0.220. The number of carbonyl (C=O) groups is 1. The Morgan fingerprint density at radius 1 is 1.33 bits per heavy atom. The summed E-state index contributed by atoms with van der Waals surface area (Å²) in [6, 6.07) is 0. The summed E-state index contributed by atoms with van der Waals surface area (Å²) in [5.74, 6) is 2.45. The van der Waals surface area contributed by atoms with Crippen LogP contribution in [0.2, 0.25) is 0 Å². The standard InChI is InChI=1S/C17H31NO2S/c1-13-6-4-8-15(12-13)21-11-9-14-7-5-10-17(14,18-2)16(19)20-3/h13-15,18H,4-12H2,1-3H3. The van der Waals surface area contributed by atoms with E-state index in [2.05, 4.69) is 24.0 Å². The molecule has 0 radical (unpaired) electrons. The zero-order chi connectivity index (χ0) is 15.3. The molecule has 2 aliphatic rings. The lowest BCUT2D eigenvalue weighted by Crippen LogP contribution is -2.53. The fraction of sp³-hybridized carbons (Fsp3) is 0.941. The van der Waals surface area contributed by atoms with Gasteiger partial charge >= 0.3 is 5.97 Å². The molecular formula is C17H31NO2S. The molecule has 0 bridgehead atoms. The lowest BCUT2D eigenvalue weighted by atomic mass is 9.85. The maximum absolute atomic E-state index is 12.2. The third kappa shape index (κ3) is 3.95. The molecule has 21 heavy (non-hydrogen) atoms. The molecule has 0 heterocycles. The van der Waals surface area contributed by atoms with Crippen molar-refractivity contribution in [1.82, 2.24) is 5.32 Å². The van der Waals surface area contributed by atoms with Crippen LogP contribution in [-0.2, 0) is 9.53 Å². The van der Waals surface area contributed by atoms with E-state index in [1.54, 1.807) is 0 Å². The van der Waals surface area contributed by atoms with Crippen LogP contribution in [0.15, 0.2) is 0 Å². The maximum Gasteiger partial charge on any atom is 0.326 e. The zero-order valence-electron chi connectivity index (χ0n) is 13.8. The highest BCUT2D eigenvalue weighted by Crippen LogP contribution is 2.40. The van der Waals surface area contributed by atoms with Crippen LogP contribution >= 0.6 is 11.8 Å². The number of rotatable bonds is 6. The number of likely N-dealkylation sites (N-methyl/N-ethyl adjacent to an activating group) is 1. The molecule has 2 aliphatic carbocycles. The third-order valence-electron chi connectivity index (χ3n) is 5.52. The SMILES string of the molecule is CNC1(C(=O)OC)CCCC1CCSC1CCCC(C)C1. The summed E-state index contributed by atoms with van der Waals surface area (Å²) in [5, 5.41) is 4.13. The molecule has 122 valence electrons. The summed E-state index contributed by atoms with van der Waals surface area (Å²) in [7, 11) is 3.42. The first-order chi connectivity index (χ1) is 10.1. The molecule has 0 saturated heterocycles. The number of esters is 1. The number of methoxy groups -OCH3 is 1. The molecular weight excluding hydrogens is 282 g/mol. The van der Waals surface area contributed by atoms with E-state index in [4.69, 9.17) is 4.74 Å². The zero-order valence-corrected chi connectivity index (χ0v) is 14.6. The number of hydrogen-bond acceptors (Lipinski definition) is 4. The predicted octanol–water partition coefficient (Wildman–Crippen LogP) is 3.62. The summed E-state index contributed by atoms with van der Waals surface area (Å²) in [6.45, 7) is 2.38.